The van der Waals surface area contributed by atoms with Crippen LogP contribution in [0.15, 0.2) is 23.3 Å². The van der Waals surface area contributed by atoms with Crippen LogP contribution >= 0.6 is 0 Å². The normalized spacial score (nSPS) is 31.7. The SMILES string of the molecule is CC/C(=N\NC(=O)c1ccc(OC)c(OC)c1)C12CC3CC(CC(C3)C1)C2. The van der Waals surface area contributed by atoms with Crippen LogP contribution in [-0.4, -0.2) is 25.8 Å². The Morgan fingerprint density at radius 3 is 2.19 bits per heavy atom. The Hall–Kier alpha value is -2.04. The third-order valence-electron chi connectivity index (χ3n) is 6.92. The Kier molecular flexibility index (Phi) is 4.87. The summed E-state index contributed by atoms with van der Waals surface area (Å²) in [6, 6.07) is 5.18. The van der Waals surface area contributed by atoms with Gasteiger partial charge in [-0.25, -0.2) is 5.43 Å². The van der Waals surface area contributed by atoms with E-state index in [1.54, 1.807) is 32.4 Å². The molecule has 0 spiro atoms. The molecule has 5 heteroatoms. The van der Waals surface area contributed by atoms with Crippen LogP contribution in [0.25, 0.3) is 0 Å². The average molecular weight is 370 g/mol. The molecular weight excluding hydrogens is 340 g/mol. The molecule has 4 bridgehead atoms. The number of rotatable bonds is 6. The van der Waals surface area contributed by atoms with Gasteiger partial charge in [-0.2, -0.15) is 5.10 Å². The van der Waals surface area contributed by atoms with Gasteiger partial charge < -0.3 is 9.47 Å². The second-order valence-corrected chi connectivity index (χ2v) is 8.62. The molecule has 5 rings (SSSR count). The van der Waals surface area contributed by atoms with Gasteiger partial charge in [0.1, 0.15) is 0 Å². The Bertz CT molecular complexity index is 721. The number of amides is 1. The Labute approximate surface area is 161 Å². The maximum atomic E-state index is 12.6. The highest BCUT2D eigenvalue weighted by molar-refractivity contribution is 5.97. The van der Waals surface area contributed by atoms with Gasteiger partial charge in [-0.15, -0.1) is 0 Å². The molecule has 4 saturated carbocycles. The van der Waals surface area contributed by atoms with Gasteiger partial charge in [0.15, 0.2) is 11.5 Å². The van der Waals surface area contributed by atoms with Crippen molar-refractivity contribution in [3.8, 4) is 11.5 Å². The third-order valence-corrected chi connectivity index (χ3v) is 6.92. The summed E-state index contributed by atoms with van der Waals surface area (Å²) in [5.41, 5.74) is 4.76. The van der Waals surface area contributed by atoms with Crippen LogP contribution in [0.2, 0.25) is 0 Å². The zero-order valence-electron chi connectivity index (χ0n) is 16.6. The number of hydrogen-bond donors (Lipinski definition) is 1. The molecule has 4 aliphatic rings. The zero-order chi connectivity index (χ0) is 19.0. The van der Waals surface area contributed by atoms with E-state index in [0.29, 0.717) is 17.1 Å². The van der Waals surface area contributed by atoms with Crippen molar-refractivity contribution >= 4 is 11.6 Å². The second-order valence-electron chi connectivity index (χ2n) is 8.62. The molecule has 5 nitrogen and oxygen atoms in total. The van der Waals surface area contributed by atoms with E-state index < -0.39 is 0 Å². The van der Waals surface area contributed by atoms with Crippen molar-refractivity contribution in [3.05, 3.63) is 23.8 Å². The lowest BCUT2D eigenvalue weighted by atomic mass is 9.48. The first-order valence-electron chi connectivity index (χ1n) is 10.2. The number of hydrogen-bond acceptors (Lipinski definition) is 4. The van der Waals surface area contributed by atoms with E-state index in [2.05, 4.69) is 17.5 Å². The summed E-state index contributed by atoms with van der Waals surface area (Å²) in [5.74, 6) is 3.57. The first-order chi connectivity index (χ1) is 13.1. The lowest BCUT2D eigenvalue weighted by Crippen LogP contribution is -2.50. The van der Waals surface area contributed by atoms with E-state index >= 15 is 0 Å². The predicted molar refractivity (Wildman–Crippen MR) is 105 cm³/mol. The van der Waals surface area contributed by atoms with Crippen molar-refractivity contribution in [2.24, 2.45) is 28.3 Å². The highest BCUT2D eigenvalue weighted by atomic mass is 16.5. The number of carbonyl (C=O) groups excluding carboxylic acids is 1. The number of carbonyl (C=O) groups is 1. The van der Waals surface area contributed by atoms with E-state index in [-0.39, 0.29) is 11.3 Å². The summed E-state index contributed by atoms with van der Waals surface area (Å²) in [4.78, 5) is 12.6. The number of ether oxygens (including phenoxy) is 2. The van der Waals surface area contributed by atoms with Crippen LogP contribution < -0.4 is 14.9 Å². The molecule has 0 unspecified atom stereocenters. The standard InChI is InChI=1S/C22H30N2O3/c1-4-20(22-11-14-7-15(12-22)9-16(8-14)13-22)23-24-21(25)17-5-6-18(26-2)19(10-17)27-3/h5-6,10,14-16H,4,7-9,11-13H2,1-3H3,(H,24,25)/b23-20+. The molecule has 0 aromatic heterocycles. The fourth-order valence-electron chi connectivity index (χ4n) is 6.20. The van der Waals surface area contributed by atoms with Gasteiger partial charge in [-0.05, 0) is 80.9 Å². The maximum absolute atomic E-state index is 12.6. The largest absolute Gasteiger partial charge is 0.493 e. The number of nitrogens with one attached hydrogen (secondary N) is 1. The summed E-state index contributed by atoms with van der Waals surface area (Å²) < 4.78 is 10.5. The summed E-state index contributed by atoms with van der Waals surface area (Å²) in [5, 5.41) is 4.65. The molecule has 0 atom stereocenters. The van der Waals surface area contributed by atoms with Crippen LogP contribution in [0.1, 0.15) is 62.2 Å². The zero-order valence-corrected chi connectivity index (χ0v) is 16.6. The summed E-state index contributed by atoms with van der Waals surface area (Å²) in [6.07, 6.45) is 8.92. The van der Waals surface area contributed by atoms with Crippen LogP contribution in [0.4, 0.5) is 0 Å². The van der Waals surface area contributed by atoms with Crippen molar-refractivity contribution in [2.75, 3.05) is 14.2 Å². The molecule has 1 amide bonds. The third kappa shape index (κ3) is 3.32. The fraction of sp³-hybridized carbons (Fsp3) is 0.636. The van der Waals surface area contributed by atoms with Crippen molar-refractivity contribution in [1.29, 1.82) is 0 Å². The Morgan fingerprint density at radius 1 is 1.07 bits per heavy atom. The van der Waals surface area contributed by atoms with E-state index in [0.717, 1.165) is 24.2 Å². The quantitative estimate of drug-likeness (QED) is 0.596. The minimum absolute atomic E-state index is 0.202. The van der Waals surface area contributed by atoms with Crippen molar-refractivity contribution in [3.63, 3.8) is 0 Å². The highest BCUT2D eigenvalue weighted by Crippen LogP contribution is 2.60. The topological polar surface area (TPSA) is 59.9 Å². The number of benzene rings is 1. The van der Waals surface area contributed by atoms with Gasteiger partial charge in [-0.3, -0.25) is 4.79 Å². The molecule has 146 valence electrons. The Morgan fingerprint density at radius 2 is 1.67 bits per heavy atom. The molecular formula is C22H30N2O3. The molecule has 0 aliphatic heterocycles. The number of methoxy groups -OCH3 is 2. The van der Waals surface area contributed by atoms with Gasteiger partial charge in [0.25, 0.3) is 5.91 Å². The van der Waals surface area contributed by atoms with E-state index in [4.69, 9.17) is 9.47 Å². The van der Waals surface area contributed by atoms with Crippen molar-refractivity contribution in [1.82, 2.24) is 5.43 Å². The fourth-order valence-corrected chi connectivity index (χ4v) is 6.20. The smallest absolute Gasteiger partial charge is 0.271 e. The van der Waals surface area contributed by atoms with E-state index in [9.17, 15) is 4.79 Å². The molecule has 4 aliphatic carbocycles. The first kappa shape index (κ1) is 18.3. The summed E-state index contributed by atoms with van der Waals surface area (Å²) >= 11 is 0. The van der Waals surface area contributed by atoms with Gasteiger partial charge in [0.2, 0.25) is 0 Å². The monoisotopic (exact) mass is 370 g/mol. The molecule has 4 fully saturated rings. The molecule has 0 saturated heterocycles. The molecule has 1 aromatic rings. The van der Waals surface area contributed by atoms with Crippen LogP contribution in [0.3, 0.4) is 0 Å². The lowest BCUT2D eigenvalue weighted by Gasteiger charge is -2.57. The van der Waals surface area contributed by atoms with Crippen LogP contribution in [0.5, 0.6) is 11.5 Å². The van der Waals surface area contributed by atoms with Crippen LogP contribution in [0, 0.1) is 23.2 Å². The van der Waals surface area contributed by atoms with Gasteiger partial charge in [0.05, 0.1) is 14.2 Å². The maximum Gasteiger partial charge on any atom is 0.271 e. The van der Waals surface area contributed by atoms with Gasteiger partial charge >= 0.3 is 0 Å². The van der Waals surface area contributed by atoms with Crippen molar-refractivity contribution < 1.29 is 14.3 Å². The first-order valence-corrected chi connectivity index (χ1v) is 10.2. The summed E-state index contributed by atoms with van der Waals surface area (Å²) in [7, 11) is 3.15. The molecule has 1 N–H and O–H groups in total. The molecule has 1 aromatic carbocycles. The average Bonchev–Trinajstić information content (AvgIpc) is 2.66. The minimum atomic E-state index is -0.202. The van der Waals surface area contributed by atoms with Gasteiger partial charge in [0, 0.05) is 16.7 Å². The van der Waals surface area contributed by atoms with Crippen LogP contribution in [-0.2, 0) is 0 Å². The molecule has 0 radical (unpaired) electrons. The summed E-state index contributed by atoms with van der Waals surface area (Å²) in [6.45, 7) is 2.17. The second kappa shape index (κ2) is 7.17. The van der Waals surface area contributed by atoms with E-state index in [1.807, 2.05) is 0 Å². The van der Waals surface area contributed by atoms with Gasteiger partial charge in [-0.1, -0.05) is 6.92 Å². The number of nitrogens with zero attached hydrogens (tertiary/aromatic N) is 1. The Balaban J connectivity index is 1.52. The predicted octanol–water partition coefficient (Wildman–Crippen LogP) is 4.42. The number of hydrazone groups is 1. The molecule has 0 heterocycles. The highest BCUT2D eigenvalue weighted by Gasteiger charge is 2.52. The van der Waals surface area contributed by atoms with Crippen molar-refractivity contribution in [2.45, 2.75) is 51.9 Å². The lowest BCUT2D eigenvalue weighted by molar-refractivity contribution is -0.0134. The minimum Gasteiger partial charge on any atom is -0.493 e. The molecule has 27 heavy (non-hydrogen) atoms. The van der Waals surface area contributed by atoms with E-state index in [1.165, 1.54) is 44.2 Å².